The number of hydrogen-bond acceptors (Lipinski definition) is 4. The lowest BCUT2D eigenvalue weighted by Gasteiger charge is -2.07. The van der Waals surface area contributed by atoms with Gasteiger partial charge in [0.2, 0.25) is 0 Å². The van der Waals surface area contributed by atoms with E-state index in [9.17, 15) is 4.39 Å². The number of benzene rings is 1. The topological polar surface area (TPSA) is 80.7 Å². The number of halogens is 1. The van der Waals surface area contributed by atoms with Gasteiger partial charge in [-0.3, -0.25) is 4.98 Å². The van der Waals surface area contributed by atoms with Gasteiger partial charge in [-0.1, -0.05) is 17.3 Å². The van der Waals surface area contributed by atoms with Crippen molar-refractivity contribution < 1.29 is 14.3 Å². The van der Waals surface area contributed by atoms with E-state index < -0.39 is 5.82 Å². The summed E-state index contributed by atoms with van der Waals surface area (Å²) in [6, 6.07) is 9.00. The number of pyridine rings is 1. The minimum Gasteiger partial charge on any atom is -0.454 e. The molecule has 6 heteroatoms. The van der Waals surface area contributed by atoms with E-state index >= 15 is 0 Å². The summed E-state index contributed by atoms with van der Waals surface area (Å²) < 4.78 is 18.7. The van der Waals surface area contributed by atoms with Crippen molar-refractivity contribution in [1.82, 2.24) is 4.98 Å². The zero-order valence-electron chi connectivity index (χ0n) is 9.25. The van der Waals surface area contributed by atoms with Gasteiger partial charge >= 0.3 is 0 Å². The van der Waals surface area contributed by atoms with Crippen molar-refractivity contribution in [3.05, 3.63) is 54.1 Å². The minimum absolute atomic E-state index is 0.0918. The number of hydrogen-bond donors (Lipinski definition) is 2. The summed E-state index contributed by atoms with van der Waals surface area (Å²) in [4.78, 5) is 3.88. The first-order chi connectivity index (χ1) is 8.70. The standard InChI is InChI=1S/C12H10FN3O2/c13-9-3-1-2-4-11(9)18-8-5-6-15-10(7-8)12(14)16-17/h1-7,17H,(H2,14,16). The number of aromatic nitrogens is 1. The second-order valence-corrected chi connectivity index (χ2v) is 3.39. The minimum atomic E-state index is -0.473. The third-order valence-electron chi connectivity index (χ3n) is 2.17. The molecule has 0 fully saturated rings. The summed E-state index contributed by atoms with van der Waals surface area (Å²) in [6.07, 6.45) is 1.42. The molecule has 0 aliphatic heterocycles. The Morgan fingerprint density at radius 2 is 2.11 bits per heavy atom. The monoisotopic (exact) mass is 247 g/mol. The van der Waals surface area contributed by atoms with Gasteiger partial charge in [0.1, 0.15) is 11.4 Å². The molecule has 92 valence electrons. The molecule has 2 aromatic rings. The molecule has 3 N–H and O–H groups in total. The lowest BCUT2D eigenvalue weighted by atomic mass is 10.3. The maximum Gasteiger partial charge on any atom is 0.188 e. The van der Waals surface area contributed by atoms with Crippen molar-refractivity contribution in [2.75, 3.05) is 0 Å². The highest BCUT2D eigenvalue weighted by Gasteiger charge is 2.06. The summed E-state index contributed by atoms with van der Waals surface area (Å²) in [5, 5.41) is 11.4. The maximum absolute atomic E-state index is 13.4. The van der Waals surface area contributed by atoms with Crippen LogP contribution in [0.25, 0.3) is 0 Å². The molecule has 1 aromatic heterocycles. The second kappa shape index (κ2) is 5.13. The van der Waals surface area contributed by atoms with Crippen LogP contribution in [-0.4, -0.2) is 16.0 Å². The van der Waals surface area contributed by atoms with Crippen LogP contribution in [0.5, 0.6) is 11.5 Å². The lowest BCUT2D eigenvalue weighted by molar-refractivity contribution is 0.318. The Morgan fingerprint density at radius 3 is 2.83 bits per heavy atom. The van der Waals surface area contributed by atoms with E-state index in [1.165, 1.54) is 24.4 Å². The van der Waals surface area contributed by atoms with E-state index in [0.717, 1.165) is 0 Å². The summed E-state index contributed by atoms with van der Waals surface area (Å²) in [6.45, 7) is 0. The molecule has 0 aliphatic carbocycles. The van der Waals surface area contributed by atoms with Gasteiger partial charge < -0.3 is 15.7 Å². The van der Waals surface area contributed by atoms with Crippen molar-refractivity contribution >= 4 is 5.84 Å². The molecule has 0 bridgehead atoms. The van der Waals surface area contributed by atoms with E-state index in [-0.39, 0.29) is 17.3 Å². The Hall–Kier alpha value is -2.63. The van der Waals surface area contributed by atoms with E-state index in [1.807, 2.05) is 0 Å². The number of nitrogens with zero attached hydrogens (tertiary/aromatic N) is 2. The predicted molar refractivity (Wildman–Crippen MR) is 63.2 cm³/mol. The zero-order chi connectivity index (χ0) is 13.0. The number of amidine groups is 1. The SMILES string of the molecule is N/C(=N/O)c1cc(Oc2ccccc2F)ccn1. The van der Waals surface area contributed by atoms with Crippen LogP contribution >= 0.6 is 0 Å². The smallest absolute Gasteiger partial charge is 0.188 e. The molecule has 0 saturated heterocycles. The summed E-state index contributed by atoms with van der Waals surface area (Å²) >= 11 is 0. The van der Waals surface area contributed by atoms with Gasteiger partial charge in [0.15, 0.2) is 17.4 Å². The Labute approximate surface area is 102 Å². The summed E-state index contributed by atoms with van der Waals surface area (Å²) in [7, 11) is 0. The maximum atomic E-state index is 13.4. The molecule has 5 nitrogen and oxygen atoms in total. The number of oxime groups is 1. The molecular formula is C12H10FN3O2. The highest BCUT2D eigenvalue weighted by atomic mass is 19.1. The van der Waals surface area contributed by atoms with Gasteiger partial charge in [-0.2, -0.15) is 0 Å². The van der Waals surface area contributed by atoms with Gasteiger partial charge in [0, 0.05) is 12.3 Å². The molecule has 2 rings (SSSR count). The molecule has 0 radical (unpaired) electrons. The Balaban J connectivity index is 2.28. The molecule has 0 amide bonds. The highest BCUT2D eigenvalue weighted by Crippen LogP contribution is 2.23. The first kappa shape index (κ1) is 11.8. The first-order valence-electron chi connectivity index (χ1n) is 5.07. The van der Waals surface area contributed by atoms with Gasteiger partial charge in [-0.25, -0.2) is 4.39 Å². The molecule has 0 spiro atoms. The molecular weight excluding hydrogens is 237 g/mol. The van der Waals surface area contributed by atoms with E-state index in [1.54, 1.807) is 18.2 Å². The zero-order valence-corrected chi connectivity index (χ0v) is 9.25. The van der Waals surface area contributed by atoms with E-state index in [0.29, 0.717) is 5.75 Å². The van der Waals surface area contributed by atoms with Crippen LogP contribution in [0.1, 0.15) is 5.69 Å². The van der Waals surface area contributed by atoms with Gasteiger partial charge in [-0.05, 0) is 18.2 Å². The third kappa shape index (κ3) is 2.54. The summed E-state index contributed by atoms with van der Waals surface area (Å²) in [5.74, 6) is -0.181. The molecule has 0 aliphatic rings. The second-order valence-electron chi connectivity index (χ2n) is 3.39. The Bertz CT molecular complexity index is 587. The molecule has 0 atom stereocenters. The quantitative estimate of drug-likeness (QED) is 0.376. The third-order valence-corrected chi connectivity index (χ3v) is 2.17. The summed E-state index contributed by atoms with van der Waals surface area (Å²) in [5.41, 5.74) is 5.64. The largest absolute Gasteiger partial charge is 0.454 e. The van der Waals surface area contributed by atoms with Crippen molar-refractivity contribution in [2.45, 2.75) is 0 Å². The van der Waals surface area contributed by atoms with Crippen LogP contribution in [0.15, 0.2) is 47.8 Å². The Kier molecular flexibility index (Phi) is 3.38. The lowest BCUT2D eigenvalue weighted by Crippen LogP contribution is -2.14. The van der Waals surface area contributed by atoms with Crippen LogP contribution < -0.4 is 10.5 Å². The van der Waals surface area contributed by atoms with Crippen LogP contribution in [0.3, 0.4) is 0 Å². The first-order valence-corrected chi connectivity index (χ1v) is 5.07. The molecule has 0 unspecified atom stereocenters. The van der Waals surface area contributed by atoms with Crippen molar-refractivity contribution in [3.8, 4) is 11.5 Å². The van der Waals surface area contributed by atoms with Crippen LogP contribution in [0, 0.1) is 5.82 Å². The number of para-hydroxylation sites is 1. The van der Waals surface area contributed by atoms with Crippen LogP contribution in [0.4, 0.5) is 4.39 Å². The fourth-order valence-electron chi connectivity index (χ4n) is 1.32. The highest BCUT2D eigenvalue weighted by molar-refractivity contribution is 5.95. The molecule has 1 heterocycles. The van der Waals surface area contributed by atoms with Crippen molar-refractivity contribution in [3.63, 3.8) is 0 Å². The normalized spacial score (nSPS) is 11.3. The fraction of sp³-hybridized carbons (Fsp3) is 0. The van der Waals surface area contributed by atoms with Gasteiger partial charge in [-0.15, -0.1) is 0 Å². The number of ether oxygens (including phenoxy) is 1. The number of rotatable bonds is 3. The van der Waals surface area contributed by atoms with E-state index in [4.69, 9.17) is 15.7 Å². The van der Waals surface area contributed by atoms with Crippen molar-refractivity contribution in [2.24, 2.45) is 10.9 Å². The molecule has 0 saturated carbocycles. The predicted octanol–water partition coefficient (Wildman–Crippen LogP) is 2.11. The average Bonchev–Trinajstić information content (AvgIpc) is 2.41. The van der Waals surface area contributed by atoms with Crippen molar-refractivity contribution in [1.29, 1.82) is 0 Å². The number of nitrogens with two attached hydrogens (primary N) is 1. The molecule has 18 heavy (non-hydrogen) atoms. The van der Waals surface area contributed by atoms with E-state index in [2.05, 4.69) is 10.1 Å². The molecule has 1 aromatic carbocycles. The average molecular weight is 247 g/mol. The van der Waals surface area contributed by atoms with Crippen LogP contribution in [-0.2, 0) is 0 Å². The van der Waals surface area contributed by atoms with Gasteiger partial charge in [0.25, 0.3) is 0 Å². The fourth-order valence-corrected chi connectivity index (χ4v) is 1.32. The van der Waals surface area contributed by atoms with Crippen LogP contribution in [0.2, 0.25) is 0 Å². The van der Waals surface area contributed by atoms with Gasteiger partial charge in [0.05, 0.1) is 0 Å². The Morgan fingerprint density at radius 1 is 1.33 bits per heavy atom.